The van der Waals surface area contributed by atoms with Gasteiger partial charge in [0.05, 0.1) is 18.2 Å². The molecule has 0 aromatic heterocycles. The van der Waals surface area contributed by atoms with Crippen LogP contribution in [0, 0.1) is 5.92 Å². The number of nitrogens with one attached hydrogen (secondary N) is 1. The smallest absolute Gasteiger partial charge is 0.412 e. The molecule has 4 atom stereocenters. The molecule has 1 aliphatic rings. The predicted octanol–water partition coefficient (Wildman–Crippen LogP) is 2.19. The van der Waals surface area contributed by atoms with Crippen molar-refractivity contribution in [2.24, 2.45) is 5.92 Å². The molecule has 1 fully saturated rings. The molecule has 9 heteroatoms. The fourth-order valence-corrected chi connectivity index (χ4v) is 3.97. The van der Waals surface area contributed by atoms with Gasteiger partial charge in [-0.2, -0.15) is 13.2 Å². The van der Waals surface area contributed by atoms with E-state index in [1.54, 1.807) is 0 Å². The summed E-state index contributed by atoms with van der Waals surface area (Å²) >= 11 is 0. The molecule has 0 saturated heterocycles. The molecular formula is C15H28F3NO4Si. The monoisotopic (exact) mass is 371 g/mol. The third-order valence-electron chi connectivity index (χ3n) is 5.03. The van der Waals surface area contributed by atoms with E-state index >= 15 is 0 Å². The van der Waals surface area contributed by atoms with E-state index in [4.69, 9.17) is 4.43 Å². The standard InChI is InChI=1S/C15H28F3NO4Si/c1-14(2,3)24(4,5)23-11-7-10(21)6-9(8-20)12(11)19-13(22)15(16,17)18/h9-12,20-21H,6-8H2,1-5H3,(H,19,22)/t9-,10+,11+,12+/m0/s1. The van der Waals surface area contributed by atoms with Crippen LogP contribution in [0.2, 0.25) is 18.1 Å². The van der Waals surface area contributed by atoms with Gasteiger partial charge < -0.3 is 20.0 Å². The summed E-state index contributed by atoms with van der Waals surface area (Å²) in [5, 5.41) is 21.3. The highest BCUT2D eigenvalue weighted by molar-refractivity contribution is 6.74. The van der Waals surface area contributed by atoms with E-state index < -0.39 is 51.2 Å². The summed E-state index contributed by atoms with van der Waals surface area (Å²) in [6.07, 6.45) is -6.30. The number of aliphatic hydroxyl groups excluding tert-OH is 2. The topological polar surface area (TPSA) is 78.8 Å². The molecule has 1 saturated carbocycles. The van der Waals surface area contributed by atoms with Gasteiger partial charge in [0.25, 0.3) is 0 Å². The Morgan fingerprint density at radius 3 is 2.21 bits per heavy atom. The van der Waals surface area contributed by atoms with Gasteiger partial charge in [0.2, 0.25) is 0 Å². The number of amides is 1. The molecule has 24 heavy (non-hydrogen) atoms. The maximum atomic E-state index is 12.6. The summed E-state index contributed by atoms with van der Waals surface area (Å²) in [6.45, 7) is 9.44. The Morgan fingerprint density at radius 1 is 1.25 bits per heavy atom. The van der Waals surface area contributed by atoms with Crippen molar-refractivity contribution in [2.75, 3.05) is 6.61 Å². The molecule has 0 bridgehead atoms. The van der Waals surface area contributed by atoms with Crippen molar-refractivity contribution < 1.29 is 32.6 Å². The quantitative estimate of drug-likeness (QED) is 0.662. The second-order valence-corrected chi connectivity index (χ2v) is 12.7. The molecule has 0 radical (unpaired) electrons. The highest BCUT2D eigenvalue weighted by atomic mass is 28.4. The van der Waals surface area contributed by atoms with Crippen molar-refractivity contribution in [3.63, 3.8) is 0 Å². The Hall–Kier alpha value is -0.643. The second kappa shape index (κ2) is 7.31. The number of alkyl halides is 3. The van der Waals surface area contributed by atoms with Gasteiger partial charge in [0.15, 0.2) is 8.32 Å². The molecule has 0 unspecified atom stereocenters. The number of halogens is 3. The molecule has 142 valence electrons. The third kappa shape index (κ3) is 5.17. The first-order valence-electron chi connectivity index (χ1n) is 8.03. The fourth-order valence-electron chi connectivity index (χ4n) is 2.62. The first-order valence-corrected chi connectivity index (χ1v) is 10.9. The molecule has 3 N–H and O–H groups in total. The average Bonchev–Trinajstić information content (AvgIpc) is 2.38. The van der Waals surface area contributed by atoms with Crippen LogP contribution < -0.4 is 5.32 Å². The van der Waals surface area contributed by atoms with E-state index in [-0.39, 0.29) is 17.9 Å². The van der Waals surface area contributed by atoms with Crippen LogP contribution in [0.25, 0.3) is 0 Å². The third-order valence-corrected chi connectivity index (χ3v) is 9.53. The van der Waals surface area contributed by atoms with Crippen LogP contribution in [0.5, 0.6) is 0 Å². The first-order chi connectivity index (χ1) is 10.7. The summed E-state index contributed by atoms with van der Waals surface area (Å²) in [5.74, 6) is -2.74. The van der Waals surface area contributed by atoms with Crippen LogP contribution in [0.1, 0.15) is 33.6 Å². The van der Waals surface area contributed by atoms with E-state index in [2.05, 4.69) is 0 Å². The van der Waals surface area contributed by atoms with E-state index in [1.807, 2.05) is 39.2 Å². The Morgan fingerprint density at radius 2 is 1.79 bits per heavy atom. The Balaban J connectivity index is 3.04. The highest BCUT2D eigenvalue weighted by Crippen LogP contribution is 2.40. The lowest BCUT2D eigenvalue weighted by Crippen LogP contribution is -2.60. The number of hydrogen-bond donors (Lipinski definition) is 3. The van der Waals surface area contributed by atoms with Crippen molar-refractivity contribution in [2.45, 2.75) is 76.2 Å². The van der Waals surface area contributed by atoms with Crippen LogP contribution >= 0.6 is 0 Å². The van der Waals surface area contributed by atoms with Crippen LogP contribution in [0.3, 0.4) is 0 Å². The summed E-state index contributed by atoms with van der Waals surface area (Å²) in [6, 6.07) is -0.985. The maximum absolute atomic E-state index is 12.6. The van der Waals surface area contributed by atoms with Crippen molar-refractivity contribution in [3.8, 4) is 0 Å². The fraction of sp³-hybridized carbons (Fsp3) is 0.933. The SMILES string of the molecule is CC(C)(C)[Si](C)(C)O[C@@H]1C[C@H](O)C[C@@H](CO)[C@H]1NC(=O)C(F)(F)F. The second-order valence-electron chi connectivity index (χ2n) is 7.98. The van der Waals surface area contributed by atoms with E-state index in [0.29, 0.717) is 0 Å². The lowest BCUT2D eigenvalue weighted by atomic mass is 9.81. The minimum Gasteiger partial charge on any atom is -0.412 e. The summed E-state index contributed by atoms with van der Waals surface area (Å²) < 4.78 is 44.0. The van der Waals surface area contributed by atoms with Gasteiger partial charge in [-0.15, -0.1) is 0 Å². The Kier molecular flexibility index (Phi) is 6.52. The van der Waals surface area contributed by atoms with E-state index in [9.17, 15) is 28.2 Å². The van der Waals surface area contributed by atoms with E-state index in [0.717, 1.165) is 0 Å². The van der Waals surface area contributed by atoms with Crippen molar-refractivity contribution in [1.29, 1.82) is 0 Å². The van der Waals surface area contributed by atoms with Gasteiger partial charge in [0.1, 0.15) is 0 Å². The zero-order chi connectivity index (χ0) is 18.9. The van der Waals surface area contributed by atoms with E-state index in [1.165, 1.54) is 0 Å². The summed E-state index contributed by atoms with van der Waals surface area (Å²) in [4.78, 5) is 11.4. The highest BCUT2D eigenvalue weighted by Gasteiger charge is 2.48. The number of carbonyl (C=O) groups excluding carboxylic acids is 1. The summed E-state index contributed by atoms with van der Waals surface area (Å²) in [7, 11) is -2.33. The van der Waals surface area contributed by atoms with Crippen LogP contribution in [0.15, 0.2) is 0 Å². The van der Waals surface area contributed by atoms with Crippen molar-refractivity contribution in [3.05, 3.63) is 0 Å². The minimum absolute atomic E-state index is 0.122. The van der Waals surface area contributed by atoms with Crippen LogP contribution in [-0.4, -0.2) is 55.5 Å². The lowest BCUT2D eigenvalue weighted by molar-refractivity contribution is -0.176. The minimum atomic E-state index is -5.00. The van der Waals surface area contributed by atoms with Crippen molar-refractivity contribution >= 4 is 14.2 Å². The van der Waals surface area contributed by atoms with Gasteiger partial charge in [-0.05, 0) is 24.6 Å². The average molecular weight is 371 g/mol. The van der Waals surface area contributed by atoms with Crippen LogP contribution in [-0.2, 0) is 9.22 Å². The predicted molar refractivity (Wildman–Crippen MR) is 85.9 cm³/mol. The van der Waals surface area contributed by atoms with Gasteiger partial charge in [-0.25, -0.2) is 0 Å². The normalized spacial score (nSPS) is 29.4. The van der Waals surface area contributed by atoms with Gasteiger partial charge in [-0.3, -0.25) is 4.79 Å². The first kappa shape index (κ1) is 21.4. The van der Waals surface area contributed by atoms with Gasteiger partial charge >= 0.3 is 12.1 Å². The molecule has 0 aromatic rings. The molecule has 1 amide bonds. The molecule has 0 heterocycles. The van der Waals surface area contributed by atoms with Gasteiger partial charge in [-0.1, -0.05) is 20.8 Å². The molecule has 0 aromatic carbocycles. The summed E-state index contributed by atoms with van der Waals surface area (Å²) in [5.41, 5.74) is 0. The largest absolute Gasteiger partial charge is 0.471 e. The Labute approximate surface area is 141 Å². The molecule has 0 aliphatic heterocycles. The van der Waals surface area contributed by atoms with Gasteiger partial charge in [0, 0.05) is 18.9 Å². The molecule has 1 aliphatic carbocycles. The Bertz CT molecular complexity index is 451. The lowest BCUT2D eigenvalue weighted by Gasteiger charge is -2.46. The molecule has 5 nitrogen and oxygen atoms in total. The number of carbonyl (C=O) groups is 1. The zero-order valence-electron chi connectivity index (χ0n) is 14.8. The molecular weight excluding hydrogens is 343 g/mol. The zero-order valence-corrected chi connectivity index (χ0v) is 15.8. The number of aliphatic hydroxyl groups is 2. The van der Waals surface area contributed by atoms with Crippen LogP contribution in [0.4, 0.5) is 13.2 Å². The molecule has 1 rings (SSSR count). The number of rotatable bonds is 4. The number of hydrogen-bond acceptors (Lipinski definition) is 4. The molecule has 0 spiro atoms. The van der Waals surface area contributed by atoms with Crippen molar-refractivity contribution in [1.82, 2.24) is 5.32 Å². The maximum Gasteiger partial charge on any atom is 0.471 e.